The van der Waals surface area contributed by atoms with Gasteiger partial charge in [-0.3, -0.25) is 4.90 Å². The zero-order valence-corrected chi connectivity index (χ0v) is 12.3. The highest BCUT2D eigenvalue weighted by Crippen LogP contribution is 2.25. The van der Waals surface area contributed by atoms with Crippen molar-refractivity contribution < 1.29 is 0 Å². The fraction of sp³-hybridized carbons (Fsp3) is 0.692. The number of piperazine rings is 1. The van der Waals surface area contributed by atoms with Crippen LogP contribution in [0.4, 0.5) is 0 Å². The van der Waals surface area contributed by atoms with Crippen LogP contribution in [0, 0.1) is 5.92 Å². The molecule has 1 N–H and O–H groups in total. The Morgan fingerprint density at radius 1 is 1.53 bits per heavy atom. The fourth-order valence-corrected chi connectivity index (χ4v) is 3.59. The molecule has 2 unspecified atom stereocenters. The van der Waals surface area contributed by atoms with Crippen molar-refractivity contribution in [3.05, 3.63) is 21.3 Å². The molecule has 1 aliphatic heterocycles. The van der Waals surface area contributed by atoms with Crippen LogP contribution in [0.15, 0.2) is 12.1 Å². The summed E-state index contributed by atoms with van der Waals surface area (Å²) >= 11 is 7.69. The second kappa shape index (κ2) is 5.70. The van der Waals surface area contributed by atoms with Gasteiger partial charge in [-0.1, -0.05) is 25.4 Å². The Bertz CT molecular complexity index is 364. The van der Waals surface area contributed by atoms with Crippen molar-refractivity contribution in [1.29, 1.82) is 0 Å². The van der Waals surface area contributed by atoms with E-state index in [9.17, 15) is 0 Å². The summed E-state index contributed by atoms with van der Waals surface area (Å²) in [4.78, 5) is 3.96. The number of rotatable bonds is 3. The van der Waals surface area contributed by atoms with Crippen LogP contribution in [0.2, 0.25) is 4.34 Å². The summed E-state index contributed by atoms with van der Waals surface area (Å²) in [6, 6.07) is 5.36. The topological polar surface area (TPSA) is 15.3 Å². The summed E-state index contributed by atoms with van der Waals surface area (Å²) < 4.78 is 0.893. The molecular formula is C13H21ClN2S. The van der Waals surface area contributed by atoms with Crippen molar-refractivity contribution in [2.75, 3.05) is 13.1 Å². The Balaban J connectivity index is 2.04. The van der Waals surface area contributed by atoms with Crippen LogP contribution >= 0.6 is 22.9 Å². The van der Waals surface area contributed by atoms with Crippen LogP contribution in [-0.4, -0.2) is 30.1 Å². The first-order chi connectivity index (χ1) is 8.06. The Labute approximate surface area is 113 Å². The van der Waals surface area contributed by atoms with E-state index in [1.165, 1.54) is 4.88 Å². The van der Waals surface area contributed by atoms with E-state index in [1.807, 2.05) is 6.07 Å². The Morgan fingerprint density at radius 2 is 2.29 bits per heavy atom. The minimum Gasteiger partial charge on any atom is -0.311 e. The van der Waals surface area contributed by atoms with Crippen molar-refractivity contribution in [2.24, 2.45) is 5.92 Å². The zero-order valence-electron chi connectivity index (χ0n) is 10.7. The van der Waals surface area contributed by atoms with E-state index in [2.05, 4.69) is 37.1 Å². The summed E-state index contributed by atoms with van der Waals surface area (Å²) in [5.74, 6) is 0.686. The molecule has 96 valence electrons. The highest BCUT2D eigenvalue weighted by Gasteiger charge is 2.28. The maximum Gasteiger partial charge on any atom is 0.0931 e. The summed E-state index contributed by atoms with van der Waals surface area (Å²) in [5.41, 5.74) is 0. The lowest BCUT2D eigenvalue weighted by atomic mass is 9.99. The van der Waals surface area contributed by atoms with Gasteiger partial charge in [-0.2, -0.15) is 0 Å². The Kier molecular flexibility index (Phi) is 4.47. The Morgan fingerprint density at radius 3 is 2.88 bits per heavy atom. The van der Waals surface area contributed by atoms with Crippen LogP contribution in [0.3, 0.4) is 0 Å². The maximum absolute atomic E-state index is 5.99. The molecule has 2 heterocycles. The van der Waals surface area contributed by atoms with Gasteiger partial charge in [0.1, 0.15) is 0 Å². The molecule has 1 aliphatic rings. The number of hydrogen-bond donors (Lipinski definition) is 1. The maximum atomic E-state index is 5.99. The van der Waals surface area contributed by atoms with Gasteiger partial charge in [0.25, 0.3) is 0 Å². The fourth-order valence-electron chi connectivity index (χ4n) is 2.48. The third kappa shape index (κ3) is 3.44. The molecule has 2 rings (SSSR count). The van der Waals surface area contributed by atoms with Crippen LogP contribution in [0.1, 0.15) is 25.6 Å². The van der Waals surface area contributed by atoms with E-state index >= 15 is 0 Å². The molecule has 17 heavy (non-hydrogen) atoms. The summed E-state index contributed by atoms with van der Waals surface area (Å²) in [7, 11) is 0. The summed E-state index contributed by atoms with van der Waals surface area (Å²) in [6.07, 6.45) is 0. The van der Waals surface area contributed by atoms with Gasteiger partial charge in [-0.15, -0.1) is 11.3 Å². The first-order valence-corrected chi connectivity index (χ1v) is 7.47. The molecule has 0 spiro atoms. The van der Waals surface area contributed by atoms with Gasteiger partial charge >= 0.3 is 0 Å². The average molecular weight is 273 g/mol. The molecule has 0 radical (unpaired) electrons. The van der Waals surface area contributed by atoms with Crippen LogP contribution < -0.4 is 5.32 Å². The largest absolute Gasteiger partial charge is 0.311 e. The number of halogens is 1. The molecule has 0 aromatic carbocycles. The van der Waals surface area contributed by atoms with Gasteiger partial charge in [0.2, 0.25) is 0 Å². The van der Waals surface area contributed by atoms with Gasteiger partial charge in [0.05, 0.1) is 4.34 Å². The zero-order chi connectivity index (χ0) is 12.4. The van der Waals surface area contributed by atoms with Crippen molar-refractivity contribution in [3.63, 3.8) is 0 Å². The third-order valence-corrected chi connectivity index (χ3v) is 4.63. The minimum atomic E-state index is 0.584. The van der Waals surface area contributed by atoms with E-state index in [-0.39, 0.29) is 0 Å². The van der Waals surface area contributed by atoms with Crippen LogP contribution in [0.5, 0.6) is 0 Å². The monoisotopic (exact) mass is 272 g/mol. The van der Waals surface area contributed by atoms with E-state index in [0.717, 1.165) is 24.0 Å². The van der Waals surface area contributed by atoms with E-state index in [1.54, 1.807) is 11.3 Å². The summed E-state index contributed by atoms with van der Waals surface area (Å²) in [6.45, 7) is 10.1. The second-order valence-electron chi connectivity index (χ2n) is 5.26. The smallest absolute Gasteiger partial charge is 0.0931 e. The van der Waals surface area contributed by atoms with Crippen molar-refractivity contribution in [2.45, 2.75) is 39.4 Å². The Hall–Kier alpha value is -0.0900. The van der Waals surface area contributed by atoms with Crippen molar-refractivity contribution in [3.8, 4) is 0 Å². The molecular weight excluding hydrogens is 252 g/mol. The van der Waals surface area contributed by atoms with Crippen molar-refractivity contribution in [1.82, 2.24) is 10.2 Å². The van der Waals surface area contributed by atoms with Gasteiger partial charge in [0.15, 0.2) is 0 Å². The van der Waals surface area contributed by atoms with Crippen LogP contribution in [0.25, 0.3) is 0 Å². The number of thiophene rings is 1. The summed E-state index contributed by atoms with van der Waals surface area (Å²) in [5, 5.41) is 3.57. The first-order valence-electron chi connectivity index (χ1n) is 6.28. The molecule has 1 aromatic rings. The normalized spacial score (nSPS) is 26.6. The molecule has 1 saturated heterocycles. The second-order valence-corrected chi connectivity index (χ2v) is 7.06. The average Bonchev–Trinajstić information content (AvgIpc) is 2.63. The SMILES string of the molecule is CC1CN(Cc2ccc(Cl)s2)C(C(C)C)CN1. The quantitative estimate of drug-likeness (QED) is 0.909. The molecule has 1 fully saturated rings. The molecule has 0 amide bonds. The van der Waals surface area contributed by atoms with E-state index in [4.69, 9.17) is 11.6 Å². The van der Waals surface area contributed by atoms with Gasteiger partial charge < -0.3 is 5.32 Å². The molecule has 0 bridgehead atoms. The van der Waals surface area contributed by atoms with Gasteiger partial charge in [0, 0.05) is 36.6 Å². The molecule has 0 saturated carbocycles. The molecule has 0 aliphatic carbocycles. The first kappa shape index (κ1) is 13.3. The third-order valence-electron chi connectivity index (χ3n) is 3.41. The standard InChI is InChI=1S/C13H21ClN2S/c1-9(2)12-6-15-10(3)7-16(12)8-11-4-5-13(14)17-11/h4-5,9-10,12,15H,6-8H2,1-3H3. The van der Waals surface area contributed by atoms with E-state index < -0.39 is 0 Å². The van der Waals surface area contributed by atoms with Crippen molar-refractivity contribution >= 4 is 22.9 Å². The lowest BCUT2D eigenvalue weighted by molar-refractivity contribution is 0.0966. The molecule has 2 atom stereocenters. The molecule has 1 aromatic heterocycles. The predicted octanol–water partition coefficient (Wildman–Crippen LogP) is 3.22. The van der Waals surface area contributed by atoms with Gasteiger partial charge in [-0.05, 0) is 25.0 Å². The number of nitrogens with one attached hydrogen (secondary N) is 1. The molecule has 2 nitrogen and oxygen atoms in total. The van der Waals surface area contributed by atoms with E-state index in [0.29, 0.717) is 18.0 Å². The number of hydrogen-bond acceptors (Lipinski definition) is 3. The highest BCUT2D eigenvalue weighted by molar-refractivity contribution is 7.16. The highest BCUT2D eigenvalue weighted by atomic mass is 35.5. The van der Waals surface area contributed by atoms with Crippen LogP contribution in [-0.2, 0) is 6.54 Å². The van der Waals surface area contributed by atoms with Gasteiger partial charge in [-0.25, -0.2) is 0 Å². The number of nitrogens with zero attached hydrogens (tertiary/aromatic N) is 1. The predicted molar refractivity (Wildman–Crippen MR) is 75.8 cm³/mol. The lowest BCUT2D eigenvalue weighted by Gasteiger charge is -2.41. The lowest BCUT2D eigenvalue weighted by Crippen LogP contribution is -2.56. The minimum absolute atomic E-state index is 0.584. The molecule has 4 heteroatoms.